The van der Waals surface area contributed by atoms with Gasteiger partial charge in [0.15, 0.2) is 0 Å². The maximum absolute atomic E-state index is 3.60. The van der Waals surface area contributed by atoms with Gasteiger partial charge in [-0.3, -0.25) is 0 Å². The van der Waals surface area contributed by atoms with Gasteiger partial charge >= 0.3 is 0 Å². The molecule has 0 aliphatic carbocycles. The van der Waals surface area contributed by atoms with Gasteiger partial charge in [-0.05, 0) is 19.8 Å². The lowest BCUT2D eigenvalue weighted by atomic mass is 10.1. The van der Waals surface area contributed by atoms with E-state index in [1.165, 1.54) is 24.8 Å². The zero-order chi connectivity index (χ0) is 8.53. The van der Waals surface area contributed by atoms with Crippen LogP contribution >= 0.6 is 0 Å². The Kier molecular flexibility index (Phi) is 6.81. The van der Waals surface area contributed by atoms with Crippen molar-refractivity contribution in [2.75, 3.05) is 0 Å². The Morgan fingerprint density at radius 1 is 1.36 bits per heavy atom. The third-order valence-corrected chi connectivity index (χ3v) is 1.55. The monoisotopic (exact) mass is 150 g/mol. The molecule has 0 spiro atoms. The second-order valence-corrected chi connectivity index (χ2v) is 2.74. The van der Waals surface area contributed by atoms with Crippen molar-refractivity contribution in [1.29, 1.82) is 0 Å². The Morgan fingerprint density at radius 2 is 2.09 bits per heavy atom. The first-order valence-electron chi connectivity index (χ1n) is 4.26. The quantitative estimate of drug-likeness (QED) is 0.522. The molecule has 0 rings (SSSR count). The summed E-state index contributed by atoms with van der Waals surface area (Å²) in [6.45, 7) is 7.99. The molecule has 0 nitrogen and oxygen atoms in total. The van der Waals surface area contributed by atoms with E-state index in [-0.39, 0.29) is 0 Å². The van der Waals surface area contributed by atoms with Crippen LogP contribution in [-0.4, -0.2) is 0 Å². The number of unbranched alkanes of at least 4 members (excludes halogenated alkanes) is 1. The third kappa shape index (κ3) is 7.11. The lowest BCUT2D eigenvalue weighted by Gasteiger charge is -1.95. The van der Waals surface area contributed by atoms with Crippen LogP contribution < -0.4 is 0 Å². The van der Waals surface area contributed by atoms with Crippen LogP contribution in [0.3, 0.4) is 0 Å². The Labute approximate surface area is 70.3 Å². The van der Waals surface area contributed by atoms with E-state index >= 15 is 0 Å². The van der Waals surface area contributed by atoms with E-state index in [9.17, 15) is 0 Å². The van der Waals surface area contributed by atoms with Gasteiger partial charge < -0.3 is 0 Å². The first kappa shape index (κ1) is 10.2. The molecule has 0 aromatic carbocycles. The summed E-state index contributed by atoms with van der Waals surface area (Å²) in [6, 6.07) is 0. The smallest absolute Gasteiger partial charge is 0.0320 e. The van der Waals surface area contributed by atoms with Gasteiger partial charge in [0.05, 0.1) is 0 Å². The minimum absolute atomic E-state index is 1.22. The molecule has 0 aliphatic rings. The SMILES string of the molecule is C=CC=CC=C(C)CCCC. The highest BCUT2D eigenvalue weighted by Crippen LogP contribution is 2.05. The summed E-state index contributed by atoms with van der Waals surface area (Å²) in [6.07, 6.45) is 11.7. The van der Waals surface area contributed by atoms with Crippen LogP contribution in [0.4, 0.5) is 0 Å². The van der Waals surface area contributed by atoms with Gasteiger partial charge in [0.25, 0.3) is 0 Å². The normalized spacial score (nSPS) is 12.4. The van der Waals surface area contributed by atoms with Gasteiger partial charge in [0.1, 0.15) is 0 Å². The number of hydrogen-bond donors (Lipinski definition) is 0. The van der Waals surface area contributed by atoms with Crippen LogP contribution in [0.25, 0.3) is 0 Å². The second kappa shape index (κ2) is 7.33. The van der Waals surface area contributed by atoms with Gasteiger partial charge in [-0.1, -0.05) is 49.8 Å². The molecule has 0 amide bonds. The topological polar surface area (TPSA) is 0 Å². The van der Waals surface area contributed by atoms with Gasteiger partial charge in [0.2, 0.25) is 0 Å². The van der Waals surface area contributed by atoms with Crippen LogP contribution in [0.1, 0.15) is 33.1 Å². The van der Waals surface area contributed by atoms with E-state index in [0.717, 1.165) is 0 Å². The van der Waals surface area contributed by atoms with Crippen LogP contribution in [0.5, 0.6) is 0 Å². The summed E-state index contributed by atoms with van der Waals surface area (Å²) >= 11 is 0. The number of rotatable bonds is 5. The molecule has 0 aliphatic heterocycles. The minimum atomic E-state index is 1.22. The molecule has 0 unspecified atom stereocenters. The maximum Gasteiger partial charge on any atom is -0.0320 e. The van der Waals surface area contributed by atoms with Gasteiger partial charge in [0, 0.05) is 0 Å². The molecule has 0 saturated carbocycles. The highest BCUT2D eigenvalue weighted by atomic mass is 13.9. The first-order valence-corrected chi connectivity index (χ1v) is 4.26. The predicted octanol–water partition coefficient (Wildman–Crippen LogP) is 3.87. The van der Waals surface area contributed by atoms with E-state index in [1.54, 1.807) is 6.08 Å². The molecule has 0 heterocycles. The van der Waals surface area contributed by atoms with E-state index in [1.807, 2.05) is 12.2 Å². The molecule has 0 aromatic heterocycles. The first-order chi connectivity index (χ1) is 5.31. The predicted molar refractivity (Wildman–Crippen MR) is 52.6 cm³/mol. The summed E-state index contributed by atoms with van der Waals surface area (Å²) in [5, 5.41) is 0. The summed E-state index contributed by atoms with van der Waals surface area (Å²) in [7, 11) is 0. The molecule has 0 N–H and O–H groups in total. The lowest BCUT2D eigenvalue weighted by Crippen LogP contribution is -1.75. The highest BCUT2D eigenvalue weighted by molar-refractivity contribution is 5.13. The molecule has 0 fully saturated rings. The average molecular weight is 150 g/mol. The van der Waals surface area contributed by atoms with Gasteiger partial charge in [-0.2, -0.15) is 0 Å². The van der Waals surface area contributed by atoms with Crippen molar-refractivity contribution in [3.63, 3.8) is 0 Å². The van der Waals surface area contributed by atoms with E-state index in [0.29, 0.717) is 0 Å². The summed E-state index contributed by atoms with van der Waals surface area (Å²) in [4.78, 5) is 0. The molecular weight excluding hydrogens is 132 g/mol. The second-order valence-electron chi connectivity index (χ2n) is 2.74. The molecule has 0 saturated heterocycles. The Balaban J connectivity index is 3.61. The Bertz CT molecular complexity index is 149. The highest BCUT2D eigenvalue weighted by Gasteiger charge is 1.85. The third-order valence-electron chi connectivity index (χ3n) is 1.55. The molecule has 0 atom stereocenters. The molecule has 0 aromatic rings. The molecular formula is C11H18. The summed E-state index contributed by atoms with van der Waals surface area (Å²) < 4.78 is 0. The van der Waals surface area contributed by atoms with Crippen LogP contribution in [-0.2, 0) is 0 Å². The van der Waals surface area contributed by atoms with Crippen molar-refractivity contribution < 1.29 is 0 Å². The van der Waals surface area contributed by atoms with Crippen molar-refractivity contribution in [2.45, 2.75) is 33.1 Å². The van der Waals surface area contributed by atoms with Gasteiger partial charge in [-0.15, -0.1) is 0 Å². The van der Waals surface area contributed by atoms with E-state index < -0.39 is 0 Å². The van der Waals surface area contributed by atoms with E-state index in [4.69, 9.17) is 0 Å². The largest absolute Gasteiger partial charge is 0.0991 e. The van der Waals surface area contributed by atoms with Crippen LogP contribution in [0.2, 0.25) is 0 Å². The molecule has 62 valence electrons. The fourth-order valence-corrected chi connectivity index (χ4v) is 0.837. The van der Waals surface area contributed by atoms with Crippen molar-refractivity contribution in [3.8, 4) is 0 Å². The van der Waals surface area contributed by atoms with Crippen LogP contribution in [0.15, 0.2) is 36.5 Å². The van der Waals surface area contributed by atoms with Crippen LogP contribution in [0, 0.1) is 0 Å². The minimum Gasteiger partial charge on any atom is -0.0991 e. The molecule has 11 heavy (non-hydrogen) atoms. The van der Waals surface area contributed by atoms with Crippen molar-refractivity contribution in [1.82, 2.24) is 0 Å². The maximum atomic E-state index is 3.60. The zero-order valence-corrected chi connectivity index (χ0v) is 7.64. The number of allylic oxidation sites excluding steroid dienone is 5. The average Bonchev–Trinajstić information content (AvgIpc) is 2.01. The molecule has 0 radical (unpaired) electrons. The lowest BCUT2D eigenvalue weighted by molar-refractivity contribution is 0.787. The molecule has 0 heteroatoms. The zero-order valence-electron chi connectivity index (χ0n) is 7.64. The molecule has 0 bridgehead atoms. The van der Waals surface area contributed by atoms with Crippen molar-refractivity contribution in [2.24, 2.45) is 0 Å². The van der Waals surface area contributed by atoms with Crippen molar-refractivity contribution >= 4 is 0 Å². The van der Waals surface area contributed by atoms with E-state index in [2.05, 4.69) is 26.5 Å². The standard InChI is InChI=1S/C11H18/c1-4-6-8-10-11(3)9-7-5-2/h4,6,8,10H,1,5,7,9H2,2-3H3. The fraction of sp³-hybridized carbons (Fsp3) is 0.455. The summed E-state index contributed by atoms with van der Waals surface area (Å²) in [5.41, 5.74) is 1.45. The summed E-state index contributed by atoms with van der Waals surface area (Å²) in [5.74, 6) is 0. The van der Waals surface area contributed by atoms with Gasteiger partial charge in [-0.25, -0.2) is 0 Å². The number of hydrogen-bond acceptors (Lipinski definition) is 0. The Morgan fingerprint density at radius 3 is 2.64 bits per heavy atom. The Hall–Kier alpha value is -0.780. The fourth-order valence-electron chi connectivity index (χ4n) is 0.837. The van der Waals surface area contributed by atoms with Crippen molar-refractivity contribution in [3.05, 3.63) is 36.5 Å².